The van der Waals surface area contributed by atoms with E-state index in [1.165, 1.54) is 40.2 Å². The highest BCUT2D eigenvalue weighted by atomic mass is 32.2. The summed E-state index contributed by atoms with van der Waals surface area (Å²) in [6.45, 7) is 3.04. The molecule has 0 saturated carbocycles. The molecule has 5 nitrogen and oxygen atoms in total. The van der Waals surface area contributed by atoms with E-state index in [1.807, 2.05) is 0 Å². The molecule has 0 aliphatic heterocycles. The summed E-state index contributed by atoms with van der Waals surface area (Å²) in [6, 6.07) is 6.08. The Kier molecular flexibility index (Phi) is 4.94. The molecule has 0 saturated heterocycles. The van der Waals surface area contributed by atoms with Crippen molar-refractivity contribution >= 4 is 15.8 Å². The molecule has 0 fully saturated rings. The number of hydrogen-bond donors (Lipinski definition) is 0. The van der Waals surface area contributed by atoms with E-state index < -0.39 is 27.0 Å². The first-order chi connectivity index (χ1) is 8.84. The van der Waals surface area contributed by atoms with Gasteiger partial charge in [0.25, 0.3) is 0 Å². The molecule has 1 rings (SSSR count). The van der Waals surface area contributed by atoms with Gasteiger partial charge in [-0.2, -0.15) is 0 Å². The van der Waals surface area contributed by atoms with E-state index in [9.17, 15) is 13.2 Å². The van der Waals surface area contributed by atoms with Crippen LogP contribution in [0.4, 0.5) is 0 Å². The smallest absolute Gasteiger partial charge is 0.309 e. The predicted molar refractivity (Wildman–Crippen MR) is 70.8 cm³/mol. The Morgan fingerprint density at radius 1 is 1.11 bits per heavy atom. The number of esters is 1. The SMILES string of the molecule is COC(=O)C(C)C(C)S(=O)(=O)c1ccc(OC)cc1. The van der Waals surface area contributed by atoms with E-state index in [0.717, 1.165) is 0 Å². The maximum absolute atomic E-state index is 12.3. The molecule has 0 heterocycles. The highest BCUT2D eigenvalue weighted by Gasteiger charge is 2.32. The number of hydrogen-bond acceptors (Lipinski definition) is 5. The van der Waals surface area contributed by atoms with Gasteiger partial charge >= 0.3 is 5.97 Å². The van der Waals surface area contributed by atoms with Gasteiger partial charge < -0.3 is 9.47 Å². The highest BCUT2D eigenvalue weighted by Crippen LogP contribution is 2.24. The monoisotopic (exact) mass is 286 g/mol. The van der Waals surface area contributed by atoms with E-state index in [1.54, 1.807) is 12.1 Å². The summed E-state index contributed by atoms with van der Waals surface area (Å²) in [4.78, 5) is 11.6. The van der Waals surface area contributed by atoms with Crippen molar-refractivity contribution in [2.45, 2.75) is 24.0 Å². The summed E-state index contributed by atoms with van der Waals surface area (Å²) in [5.74, 6) is -0.686. The van der Waals surface area contributed by atoms with Crippen LogP contribution < -0.4 is 4.74 Å². The minimum atomic E-state index is -3.57. The fourth-order valence-electron chi connectivity index (χ4n) is 1.63. The lowest BCUT2D eigenvalue weighted by molar-refractivity contribution is -0.144. The zero-order chi connectivity index (χ0) is 14.6. The average molecular weight is 286 g/mol. The van der Waals surface area contributed by atoms with E-state index in [4.69, 9.17) is 4.74 Å². The van der Waals surface area contributed by atoms with Crippen LogP contribution in [0.5, 0.6) is 5.75 Å². The van der Waals surface area contributed by atoms with Crippen LogP contribution in [0.25, 0.3) is 0 Å². The fourth-order valence-corrected chi connectivity index (χ4v) is 3.22. The molecule has 0 spiro atoms. The van der Waals surface area contributed by atoms with Crippen molar-refractivity contribution < 1.29 is 22.7 Å². The average Bonchev–Trinajstić information content (AvgIpc) is 2.44. The third kappa shape index (κ3) is 3.26. The van der Waals surface area contributed by atoms with Crippen molar-refractivity contribution in [3.63, 3.8) is 0 Å². The number of rotatable bonds is 5. The third-order valence-electron chi connectivity index (χ3n) is 3.15. The molecule has 1 aromatic rings. The molecule has 0 aromatic heterocycles. The first-order valence-electron chi connectivity index (χ1n) is 5.80. The fraction of sp³-hybridized carbons (Fsp3) is 0.462. The highest BCUT2D eigenvalue weighted by molar-refractivity contribution is 7.92. The van der Waals surface area contributed by atoms with Gasteiger partial charge in [-0.25, -0.2) is 8.42 Å². The molecular weight excluding hydrogens is 268 g/mol. The lowest BCUT2D eigenvalue weighted by atomic mass is 10.1. The molecule has 106 valence electrons. The minimum absolute atomic E-state index is 0.163. The minimum Gasteiger partial charge on any atom is -0.497 e. The maximum Gasteiger partial charge on any atom is 0.309 e. The normalized spacial score (nSPS) is 14.5. The molecule has 2 unspecified atom stereocenters. The molecule has 0 N–H and O–H groups in total. The molecule has 0 radical (unpaired) electrons. The molecule has 0 bridgehead atoms. The summed E-state index contributed by atoms with van der Waals surface area (Å²) < 4.78 is 34.2. The van der Waals surface area contributed by atoms with Crippen LogP contribution in [0.15, 0.2) is 29.2 Å². The van der Waals surface area contributed by atoms with Crippen LogP contribution in [-0.4, -0.2) is 33.9 Å². The third-order valence-corrected chi connectivity index (χ3v) is 5.47. The van der Waals surface area contributed by atoms with Crippen LogP contribution in [-0.2, 0) is 19.4 Å². The van der Waals surface area contributed by atoms with Crippen molar-refractivity contribution in [2.75, 3.05) is 14.2 Å². The van der Waals surface area contributed by atoms with Crippen LogP contribution in [0.1, 0.15) is 13.8 Å². The molecule has 0 aliphatic rings. The van der Waals surface area contributed by atoms with E-state index >= 15 is 0 Å². The molecule has 19 heavy (non-hydrogen) atoms. The maximum atomic E-state index is 12.3. The van der Waals surface area contributed by atoms with Gasteiger partial charge in [0.15, 0.2) is 9.84 Å². The Morgan fingerprint density at radius 2 is 1.63 bits per heavy atom. The summed E-state index contributed by atoms with van der Waals surface area (Å²) in [6.07, 6.45) is 0. The Bertz CT molecular complexity index is 533. The quantitative estimate of drug-likeness (QED) is 0.770. The van der Waals surface area contributed by atoms with Crippen LogP contribution in [0.2, 0.25) is 0 Å². The van der Waals surface area contributed by atoms with E-state index in [2.05, 4.69) is 4.74 Å². The van der Waals surface area contributed by atoms with Gasteiger partial charge in [-0.1, -0.05) is 6.92 Å². The molecule has 2 atom stereocenters. The van der Waals surface area contributed by atoms with E-state index in [-0.39, 0.29) is 4.90 Å². The summed E-state index contributed by atoms with van der Waals surface area (Å²) in [5, 5.41) is -0.853. The number of methoxy groups -OCH3 is 2. The Balaban J connectivity index is 3.05. The van der Waals surface area contributed by atoms with Crippen molar-refractivity contribution in [1.82, 2.24) is 0 Å². The van der Waals surface area contributed by atoms with Gasteiger partial charge in [-0.15, -0.1) is 0 Å². The Hall–Kier alpha value is -1.56. The Morgan fingerprint density at radius 3 is 2.05 bits per heavy atom. The van der Waals surface area contributed by atoms with Gasteiger partial charge in [0.2, 0.25) is 0 Å². The number of carbonyl (C=O) groups is 1. The second kappa shape index (κ2) is 6.06. The number of carbonyl (C=O) groups excluding carboxylic acids is 1. The van der Waals surface area contributed by atoms with Gasteiger partial charge in [0.05, 0.1) is 30.3 Å². The molecule has 0 amide bonds. The van der Waals surface area contributed by atoms with Crippen LogP contribution in [0.3, 0.4) is 0 Å². The zero-order valence-electron chi connectivity index (χ0n) is 11.4. The lowest BCUT2D eigenvalue weighted by Crippen LogP contribution is -2.31. The Labute approximate surface area is 113 Å². The second-order valence-electron chi connectivity index (χ2n) is 4.24. The number of benzene rings is 1. The topological polar surface area (TPSA) is 69.7 Å². The van der Waals surface area contributed by atoms with Crippen molar-refractivity contribution in [3.05, 3.63) is 24.3 Å². The van der Waals surface area contributed by atoms with Crippen molar-refractivity contribution in [2.24, 2.45) is 5.92 Å². The summed E-state index contributed by atoms with van der Waals surface area (Å²) in [5.41, 5.74) is 0. The van der Waals surface area contributed by atoms with Gasteiger partial charge in [0, 0.05) is 0 Å². The lowest BCUT2D eigenvalue weighted by Gasteiger charge is -2.18. The van der Waals surface area contributed by atoms with E-state index in [0.29, 0.717) is 5.75 Å². The first-order valence-corrected chi connectivity index (χ1v) is 7.35. The summed E-state index contributed by atoms with van der Waals surface area (Å²) >= 11 is 0. The first kappa shape index (κ1) is 15.5. The zero-order valence-corrected chi connectivity index (χ0v) is 12.2. The van der Waals surface area contributed by atoms with Gasteiger partial charge in [0.1, 0.15) is 5.75 Å². The van der Waals surface area contributed by atoms with Gasteiger partial charge in [-0.05, 0) is 31.2 Å². The molecule has 6 heteroatoms. The molecular formula is C13H18O5S. The molecule has 0 aliphatic carbocycles. The second-order valence-corrected chi connectivity index (χ2v) is 6.54. The number of ether oxygens (including phenoxy) is 2. The van der Waals surface area contributed by atoms with Crippen molar-refractivity contribution in [3.8, 4) is 5.75 Å². The van der Waals surface area contributed by atoms with Gasteiger partial charge in [-0.3, -0.25) is 4.79 Å². The van der Waals surface area contributed by atoms with Crippen molar-refractivity contribution in [1.29, 1.82) is 0 Å². The predicted octanol–water partition coefficient (Wildman–Crippen LogP) is 1.67. The number of sulfone groups is 1. The standard InChI is InChI=1S/C13H18O5S/c1-9(13(14)18-4)10(2)19(15,16)12-7-5-11(17-3)6-8-12/h5-10H,1-4H3. The summed E-state index contributed by atoms with van der Waals surface area (Å²) in [7, 11) is -0.828. The van der Waals surface area contributed by atoms with Crippen LogP contribution in [0, 0.1) is 5.92 Å². The van der Waals surface area contributed by atoms with Crippen LogP contribution >= 0.6 is 0 Å². The molecule has 1 aromatic carbocycles. The largest absolute Gasteiger partial charge is 0.497 e.